The molecule has 2 fully saturated rings. The van der Waals surface area contributed by atoms with Crippen LogP contribution in [0.15, 0.2) is 82.8 Å². The fourth-order valence-electron chi connectivity index (χ4n) is 6.34. The van der Waals surface area contributed by atoms with Gasteiger partial charge in [-0.1, -0.05) is 48.5 Å². The standard InChI is InChI=1S/C32H34N6O4S/c39-28(37-17-19-42-20-18-37)21-27-34-29-30(38(27)24-12-15-36(16-13-24)22-23-7-3-1-4-8-23)26-11-14-33-31(26)35-32(29)43(40,41)25-9-5-2-6-10-25/h1-11,14,24H,12-13,15-22H2,(H,33,35). The summed E-state index contributed by atoms with van der Waals surface area (Å²) in [6.45, 7) is 4.73. The minimum Gasteiger partial charge on any atom is -0.378 e. The number of rotatable bonds is 7. The number of imidazole rings is 1. The summed E-state index contributed by atoms with van der Waals surface area (Å²) in [6.07, 6.45) is 3.56. The van der Waals surface area contributed by atoms with Crippen molar-refractivity contribution >= 4 is 37.8 Å². The van der Waals surface area contributed by atoms with E-state index in [1.54, 1.807) is 41.4 Å². The number of aromatic nitrogens is 4. The highest BCUT2D eigenvalue weighted by molar-refractivity contribution is 7.91. The van der Waals surface area contributed by atoms with E-state index in [1.165, 1.54) is 5.56 Å². The topological polar surface area (TPSA) is 113 Å². The summed E-state index contributed by atoms with van der Waals surface area (Å²) in [7, 11) is -3.99. The number of piperidine rings is 1. The molecule has 1 amide bonds. The Kier molecular flexibility index (Phi) is 7.46. The van der Waals surface area contributed by atoms with Gasteiger partial charge in [0.2, 0.25) is 15.7 Å². The number of fused-ring (bicyclic) bond motifs is 3. The zero-order valence-corrected chi connectivity index (χ0v) is 24.7. The molecule has 11 heteroatoms. The Morgan fingerprint density at radius 2 is 1.60 bits per heavy atom. The number of likely N-dealkylation sites (tertiary alicyclic amines) is 1. The molecule has 5 heterocycles. The minimum absolute atomic E-state index is 0.0351. The van der Waals surface area contributed by atoms with E-state index in [9.17, 15) is 13.2 Å². The van der Waals surface area contributed by atoms with Crippen LogP contribution < -0.4 is 0 Å². The second kappa shape index (κ2) is 11.6. The first-order valence-electron chi connectivity index (χ1n) is 14.8. The predicted molar refractivity (Wildman–Crippen MR) is 162 cm³/mol. The average Bonchev–Trinajstić information content (AvgIpc) is 3.67. The van der Waals surface area contributed by atoms with E-state index in [0.717, 1.165) is 37.9 Å². The highest BCUT2D eigenvalue weighted by Gasteiger charge is 2.32. The van der Waals surface area contributed by atoms with Crippen molar-refractivity contribution < 1.29 is 17.9 Å². The summed E-state index contributed by atoms with van der Waals surface area (Å²) in [6, 6.07) is 20.8. The van der Waals surface area contributed by atoms with Crippen LogP contribution in [0.3, 0.4) is 0 Å². The lowest BCUT2D eigenvalue weighted by atomic mass is 10.0. The summed E-state index contributed by atoms with van der Waals surface area (Å²) >= 11 is 0. The molecular weight excluding hydrogens is 564 g/mol. The smallest absolute Gasteiger partial charge is 0.230 e. The molecule has 5 aromatic rings. The van der Waals surface area contributed by atoms with Crippen LogP contribution in [0, 0.1) is 0 Å². The van der Waals surface area contributed by atoms with Gasteiger partial charge in [0.25, 0.3) is 0 Å². The first kappa shape index (κ1) is 27.8. The molecule has 7 rings (SSSR count). The van der Waals surface area contributed by atoms with Gasteiger partial charge in [0.05, 0.1) is 30.0 Å². The lowest BCUT2D eigenvalue weighted by molar-refractivity contribution is -0.134. The number of nitrogens with one attached hydrogen (secondary N) is 1. The molecule has 0 unspecified atom stereocenters. The fourth-order valence-corrected chi connectivity index (χ4v) is 7.68. The van der Waals surface area contributed by atoms with Gasteiger partial charge < -0.3 is 19.2 Å². The van der Waals surface area contributed by atoms with E-state index >= 15 is 0 Å². The van der Waals surface area contributed by atoms with Gasteiger partial charge in [-0.2, -0.15) is 0 Å². The van der Waals surface area contributed by atoms with E-state index in [0.29, 0.717) is 48.8 Å². The zero-order valence-electron chi connectivity index (χ0n) is 23.9. The van der Waals surface area contributed by atoms with Gasteiger partial charge in [-0.15, -0.1) is 0 Å². The first-order valence-corrected chi connectivity index (χ1v) is 16.3. The second-order valence-corrected chi connectivity index (χ2v) is 13.1. The van der Waals surface area contributed by atoms with Crippen LogP contribution in [-0.2, 0) is 32.3 Å². The van der Waals surface area contributed by atoms with Crippen LogP contribution >= 0.6 is 0 Å². The number of aromatic amines is 1. The number of carbonyl (C=O) groups is 1. The minimum atomic E-state index is -3.99. The van der Waals surface area contributed by atoms with Crippen LogP contribution in [0.5, 0.6) is 0 Å². The van der Waals surface area contributed by atoms with E-state index in [1.807, 2.05) is 12.1 Å². The molecule has 2 saturated heterocycles. The van der Waals surface area contributed by atoms with Gasteiger partial charge in [-0.05, 0) is 36.6 Å². The molecule has 0 spiro atoms. The van der Waals surface area contributed by atoms with Crippen molar-refractivity contribution in [3.05, 3.63) is 84.3 Å². The van der Waals surface area contributed by atoms with Crippen molar-refractivity contribution in [3.8, 4) is 0 Å². The van der Waals surface area contributed by atoms with Crippen molar-refractivity contribution in [2.75, 3.05) is 39.4 Å². The molecule has 0 atom stereocenters. The molecule has 222 valence electrons. The highest BCUT2D eigenvalue weighted by Crippen LogP contribution is 2.37. The van der Waals surface area contributed by atoms with Gasteiger partial charge >= 0.3 is 0 Å². The molecule has 10 nitrogen and oxygen atoms in total. The van der Waals surface area contributed by atoms with Crippen LogP contribution in [0.25, 0.3) is 22.1 Å². The maximum Gasteiger partial charge on any atom is 0.230 e. The molecule has 3 aromatic heterocycles. The zero-order chi connectivity index (χ0) is 29.4. The summed E-state index contributed by atoms with van der Waals surface area (Å²) < 4.78 is 35.6. The van der Waals surface area contributed by atoms with Gasteiger partial charge in [-0.3, -0.25) is 9.69 Å². The van der Waals surface area contributed by atoms with E-state index in [2.05, 4.69) is 43.7 Å². The largest absolute Gasteiger partial charge is 0.378 e. The van der Waals surface area contributed by atoms with Crippen molar-refractivity contribution in [2.24, 2.45) is 0 Å². The SMILES string of the molecule is O=C(Cc1nc2c(S(=O)(=O)c3ccccc3)nc3[nH]ccc3c2n1C1CCN(Cc2ccccc2)CC1)N1CCOCC1. The number of benzene rings is 2. The fraction of sp³-hybridized carbons (Fsp3) is 0.344. The Bertz CT molecular complexity index is 1860. The van der Waals surface area contributed by atoms with Crippen molar-refractivity contribution in [3.63, 3.8) is 0 Å². The Balaban J connectivity index is 1.32. The molecule has 2 aliphatic heterocycles. The van der Waals surface area contributed by atoms with Crippen LogP contribution in [0.4, 0.5) is 0 Å². The number of nitrogens with zero attached hydrogens (tertiary/aromatic N) is 5. The van der Waals surface area contributed by atoms with Crippen LogP contribution in [-0.4, -0.2) is 83.0 Å². The maximum atomic E-state index is 14.0. The van der Waals surface area contributed by atoms with Gasteiger partial charge in [0, 0.05) is 50.3 Å². The number of ether oxygens (including phenoxy) is 1. The first-order chi connectivity index (χ1) is 21.0. The predicted octanol–water partition coefficient (Wildman–Crippen LogP) is 3.98. The van der Waals surface area contributed by atoms with Gasteiger partial charge in [0.1, 0.15) is 17.0 Å². The third kappa shape index (κ3) is 5.32. The van der Waals surface area contributed by atoms with Gasteiger partial charge in [0.15, 0.2) is 5.03 Å². The number of sulfone groups is 1. The Morgan fingerprint density at radius 3 is 2.33 bits per heavy atom. The lowest BCUT2D eigenvalue weighted by Crippen LogP contribution is -2.42. The number of hydrogen-bond acceptors (Lipinski definition) is 7. The quantitative estimate of drug-likeness (QED) is 0.302. The molecule has 0 saturated carbocycles. The maximum absolute atomic E-state index is 14.0. The number of pyridine rings is 1. The average molecular weight is 599 g/mol. The van der Waals surface area contributed by atoms with Crippen molar-refractivity contribution in [2.45, 2.75) is 41.8 Å². The van der Waals surface area contributed by atoms with Crippen molar-refractivity contribution in [1.82, 2.24) is 29.3 Å². The monoisotopic (exact) mass is 598 g/mol. The van der Waals surface area contributed by atoms with Crippen molar-refractivity contribution in [1.29, 1.82) is 0 Å². The molecule has 43 heavy (non-hydrogen) atoms. The van der Waals surface area contributed by atoms with Crippen LogP contribution in [0.1, 0.15) is 30.3 Å². The Morgan fingerprint density at radius 1 is 0.907 bits per heavy atom. The third-order valence-electron chi connectivity index (χ3n) is 8.53. The normalized spacial score (nSPS) is 17.2. The molecule has 0 radical (unpaired) electrons. The van der Waals surface area contributed by atoms with Crippen LogP contribution in [0.2, 0.25) is 0 Å². The molecular formula is C32H34N6O4S. The Labute approximate surface area is 250 Å². The summed E-state index contributed by atoms with van der Waals surface area (Å²) in [5, 5.41) is 0.704. The summed E-state index contributed by atoms with van der Waals surface area (Å²) in [4.78, 5) is 30.6. The molecule has 1 N–H and O–H groups in total. The third-order valence-corrected chi connectivity index (χ3v) is 10.2. The number of morpholine rings is 1. The second-order valence-electron chi connectivity index (χ2n) is 11.2. The number of amides is 1. The molecule has 2 aromatic carbocycles. The molecule has 2 aliphatic rings. The van der Waals surface area contributed by atoms with Gasteiger partial charge in [-0.25, -0.2) is 18.4 Å². The molecule has 0 bridgehead atoms. The summed E-state index contributed by atoms with van der Waals surface area (Å²) in [5.41, 5.74) is 2.79. The number of carbonyl (C=O) groups excluding carboxylic acids is 1. The number of H-pyrrole nitrogens is 1. The lowest BCUT2D eigenvalue weighted by Gasteiger charge is -2.34. The number of hydrogen-bond donors (Lipinski definition) is 1. The summed E-state index contributed by atoms with van der Waals surface area (Å²) in [5.74, 6) is 0.542. The Hall–Kier alpha value is -4.06. The van der Waals surface area contributed by atoms with E-state index in [4.69, 9.17) is 9.72 Å². The highest BCUT2D eigenvalue weighted by atomic mass is 32.2. The molecule has 0 aliphatic carbocycles. The van der Waals surface area contributed by atoms with E-state index < -0.39 is 9.84 Å². The van der Waals surface area contributed by atoms with E-state index in [-0.39, 0.29) is 28.3 Å².